The SMILES string of the molecule is Cn1cccc1C(=O)OCC(=O)Nc1ccccc1Sc1ccc(Cl)cc1. The highest BCUT2D eigenvalue weighted by Crippen LogP contribution is 2.33. The van der Waals surface area contributed by atoms with Crippen LogP contribution in [0.25, 0.3) is 0 Å². The lowest BCUT2D eigenvalue weighted by atomic mass is 10.3. The van der Waals surface area contributed by atoms with Crippen molar-refractivity contribution in [2.24, 2.45) is 7.05 Å². The molecular formula is C20H17ClN2O3S. The van der Waals surface area contributed by atoms with Gasteiger partial charge in [0.25, 0.3) is 5.91 Å². The number of hydrogen-bond acceptors (Lipinski definition) is 4. The van der Waals surface area contributed by atoms with E-state index in [1.54, 1.807) is 36.0 Å². The highest BCUT2D eigenvalue weighted by molar-refractivity contribution is 7.99. The fraction of sp³-hybridized carbons (Fsp3) is 0.100. The minimum absolute atomic E-state index is 0.357. The van der Waals surface area contributed by atoms with Gasteiger partial charge in [-0.15, -0.1) is 0 Å². The number of nitrogens with zero attached hydrogens (tertiary/aromatic N) is 1. The van der Waals surface area contributed by atoms with Crippen molar-refractivity contribution in [3.05, 3.63) is 77.6 Å². The lowest BCUT2D eigenvalue weighted by Gasteiger charge is -2.11. The third-order valence-corrected chi connectivity index (χ3v) is 5.03. The number of ether oxygens (including phenoxy) is 1. The van der Waals surface area contributed by atoms with Crippen LogP contribution in [0.5, 0.6) is 0 Å². The predicted molar refractivity (Wildman–Crippen MR) is 106 cm³/mol. The lowest BCUT2D eigenvalue weighted by molar-refractivity contribution is -0.119. The van der Waals surface area contributed by atoms with Crippen molar-refractivity contribution in [2.75, 3.05) is 11.9 Å². The molecule has 0 saturated heterocycles. The largest absolute Gasteiger partial charge is 0.451 e. The van der Waals surface area contributed by atoms with Gasteiger partial charge in [0.15, 0.2) is 6.61 Å². The number of carbonyl (C=O) groups is 2. The van der Waals surface area contributed by atoms with Crippen molar-refractivity contribution in [2.45, 2.75) is 9.79 Å². The monoisotopic (exact) mass is 400 g/mol. The number of nitrogens with one attached hydrogen (secondary N) is 1. The van der Waals surface area contributed by atoms with E-state index in [-0.39, 0.29) is 6.61 Å². The molecule has 7 heteroatoms. The molecule has 1 aromatic heterocycles. The first kappa shape index (κ1) is 19.1. The summed E-state index contributed by atoms with van der Waals surface area (Å²) in [6, 6.07) is 18.3. The van der Waals surface area contributed by atoms with Crippen LogP contribution in [0.1, 0.15) is 10.5 Å². The van der Waals surface area contributed by atoms with Crippen molar-refractivity contribution in [3.8, 4) is 0 Å². The van der Waals surface area contributed by atoms with Crippen LogP contribution in [0, 0.1) is 0 Å². The zero-order chi connectivity index (χ0) is 19.2. The Labute approximate surface area is 166 Å². The Morgan fingerprint density at radius 1 is 1.07 bits per heavy atom. The normalized spacial score (nSPS) is 10.4. The van der Waals surface area contributed by atoms with Gasteiger partial charge in [0.05, 0.1) is 5.69 Å². The molecule has 27 heavy (non-hydrogen) atoms. The molecule has 138 valence electrons. The number of aromatic nitrogens is 1. The smallest absolute Gasteiger partial charge is 0.355 e. The number of aryl methyl sites for hydroxylation is 1. The Morgan fingerprint density at radius 3 is 2.52 bits per heavy atom. The minimum Gasteiger partial charge on any atom is -0.451 e. The first-order valence-corrected chi connectivity index (χ1v) is 9.33. The van der Waals surface area contributed by atoms with E-state index in [0.29, 0.717) is 16.4 Å². The summed E-state index contributed by atoms with van der Waals surface area (Å²) in [6.07, 6.45) is 1.74. The summed E-state index contributed by atoms with van der Waals surface area (Å²) in [5, 5.41) is 3.46. The number of benzene rings is 2. The molecule has 0 atom stereocenters. The quantitative estimate of drug-likeness (QED) is 0.613. The molecule has 0 aliphatic carbocycles. The summed E-state index contributed by atoms with van der Waals surface area (Å²) in [5.41, 5.74) is 1.04. The number of esters is 1. The maximum absolute atomic E-state index is 12.2. The number of rotatable bonds is 6. The molecule has 0 radical (unpaired) electrons. The van der Waals surface area contributed by atoms with E-state index >= 15 is 0 Å². The molecule has 0 aliphatic rings. The maximum atomic E-state index is 12.2. The van der Waals surface area contributed by atoms with E-state index < -0.39 is 11.9 Å². The molecule has 3 rings (SSSR count). The molecule has 0 bridgehead atoms. The summed E-state index contributed by atoms with van der Waals surface area (Å²) in [5.74, 6) is -0.941. The van der Waals surface area contributed by atoms with E-state index in [9.17, 15) is 9.59 Å². The number of anilines is 1. The fourth-order valence-corrected chi connectivity index (χ4v) is 3.38. The van der Waals surface area contributed by atoms with Gasteiger partial charge in [0.2, 0.25) is 0 Å². The lowest BCUT2D eigenvalue weighted by Crippen LogP contribution is -2.22. The van der Waals surface area contributed by atoms with Crippen molar-refractivity contribution in [3.63, 3.8) is 0 Å². The molecule has 0 unspecified atom stereocenters. The van der Waals surface area contributed by atoms with Gasteiger partial charge in [0.1, 0.15) is 5.69 Å². The van der Waals surface area contributed by atoms with Gasteiger partial charge in [-0.05, 0) is 48.5 Å². The second-order valence-electron chi connectivity index (χ2n) is 5.68. The molecule has 0 fully saturated rings. The van der Waals surface area contributed by atoms with Crippen LogP contribution < -0.4 is 5.32 Å². The number of amides is 1. The molecule has 2 aromatic carbocycles. The van der Waals surface area contributed by atoms with E-state index in [0.717, 1.165) is 9.79 Å². The second kappa shape index (κ2) is 8.79. The van der Waals surface area contributed by atoms with Gasteiger partial charge in [-0.1, -0.05) is 35.5 Å². The zero-order valence-electron chi connectivity index (χ0n) is 14.5. The first-order chi connectivity index (χ1) is 13.0. The van der Waals surface area contributed by atoms with Gasteiger partial charge < -0.3 is 14.6 Å². The van der Waals surface area contributed by atoms with Crippen LogP contribution in [-0.4, -0.2) is 23.1 Å². The second-order valence-corrected chi connectivity index (χ2v) is 7.23. The number of para-hydroxylation sites is 1. The third kappa shape index (κ3) is 5.15. The molecule has 1 heterocycles. The molecule has 0 aliphatic heterocycles. The van der Waals surface area contributed by atoms with Crippen LogP contribution >= 0.6 is 23.4 Å². The Morgan fingerprint density at radius 2 is 1.81 bits per heavy atom. The van der Waals surface area contributed by atoms with Crippen molar-refractivity contribution in [1.82, 2.24) is 4.57 Å². The molecule has 3 aromatic rings. The molecular weight excluding hydrogens is 384 g/mol. The molecule has 1 amide bonds. The van der Waals surface area contributed by atoms with Crippen molar-refractivity contribution < 1.29 is 14.3 Å². The summed E-state index contributed by atoms with van der Waals surface area (Å²) >= 11 is 7.42. The summed E-state index contributed by atoms with van der Waals surface area (Å²) in [7, 11) is 1.74. The maximum Gasteiger partial charge on any atom is 0.355 e. The standard InChI is InChI=1S/C20H17ClN2O3S/c1-23-12-4-6-17(23)20(25)26-13-19(24)22-16-5-2-3-7-18(16)27-15-10-8-14(21)9-11-15/h2-12H,13H2,1H3,(H,22,24). The zero-order valence-corrected chi connectivity index (χ0v) is 16.1. The highest BCUT2D eigenvalue weighted by atomic mass is 35.5. The predicted octanol–water partition coefficient (Wildman–Crippen LogP) is 4.63. The van der Waals surface area contributed by atoms with Gasteiger partial charge in [-0.25, -0.2) is 4.79 Å². The number of halogens is 1. The van der Waals surface area contributed by atoms with Gasteiger partial charge in [-0.3, -0.25) is 4.79 Å². The highest BCUT2D eigenvalue weighted by Gasteiger charge is 2.14. The minimum atomic E-state index is -0.540. The van der Waals surface area contributed by atoms with E-state index in [2.05, 4.69) is 5.32 Å². The first-order valence-electron chi connectivity index (χ1n) is 8.13. The van der Waals surface area contributed by atoms with E-state index in [1.165, 1.54) is 11.8 Å². The summed E-state index contributed by atoms with van der Waals surface area (Å²) in [6.45, 7) is -0.357. The van der Waals surface area contributed by atoms with Gasteiger partial charge in [-0.2, -0.15) is 0 Å². The van der Waals surface area contributed by atoms with E-state index in [1.807, 2.05) is 42.5 Å². The Balaban J connectivity index is 1.61. The van der Waals surface area contributed by atoms with Gasteiger partial charge in [0, 0.05) is 28.1 Å². The van der Waals surface area contributed by atoms with Gasteiger partial charge >= 0.3 is 5.97 Å². The van der Waals surface area contributed by atoms with E-state index in [4.69, 9.17) is 16.3 Å². The number of hydrogen-bond donors (Lipinski definition) is 1. The average molecular weight is 401 g/mol. The van der Waals surface area contributed by atoms with Crippen LogP contribution in [0.4, 0.5) is 5.69 Å². The van der Waals surface area contributed by atoms with Crippen LogP contribution in [0.3, 0.4) is 0 Å². The summed E-state index contributed by atoms with van der Waals surface area (Å²) < 4.78 is 6.72. The van der Waals surface area contributed by atoms with Crippen molar-refractivity contribution in [1.29, 1.82) is 0 Å². The van der Waals surface area contributed by atoms with Crippen LogP contribution in [0.2, 0.25) is 5.02 Å². The average Bonchev–Trinajstić information content (AvgIpc) is 3.09. The molecule has 1 N–H and O–H groups in total. The van der Waals surface area contributed by atoms with Crippen LogP contribution in [-0.2, 0) is 16.6 Å². The molecule has 5 nitrogen and oxygen atoms in total. The number of carbonyl (C=O) groups excluding carboxylic acids is 2. The van der Waals surface area contributed by atoms with Crippen molar-refractivity contribution >= 4 is 40.9 Å². The summed E-state index contributed by atoms with van der Waals surface area (Å²) in [4.78, 5) is 26.1. The molecule has 0 saturated carbocycles. The topological polar surface area (TPSA) is 60.3 Å². The Bertz CT molecular complexity index is 954. The fourth-order valence-electron chi connectivity index (χ4n) is 2.35. The third-order valence-electron chi connectivity index (χ3n) is 3.69. The van der Waals surface area contributed by atoms with Crippen LogP contribution in [0.15, 0.2) is 76.7 Å². The Kier molecular flexibility index (Phi) is 6.21. The Hall–Kier alpha value is -2.70. The molecule has 0 spiro atoms.